The number of alkyl halides is 1. The van der Waals surface area contributed by atoms with Crippen LogP contribution in [0.15, 0.2) is 25.3 Å². The number of nitrogens with zero attached hydrogens (tertiary/aromatic N) is 3. The molecule has 0 saturated carbocycles. The monoisotopic (exact) mass is 583 g/mol. The van der Waals surface area contributed by atoms with E-state index >= 15 is 0 Å². The molecule has 8 atom stereocenters. The van der Waals surface area contributed by atoms with Crippen LogP contribution in [0.5, 0.6) is 0 Å². The highest BCUT2D eigenvalue weighted by Crippen LogP contribution is 2.68. The third kappa shape index (κ3) is 4.57. The molecule has 3 fully saturated rings. The maximum Gasteiger partial charge on any atom is 0.247 e. The average molecular weight is 585 g/mol. The Labute approximate surface area is 228 Å². The van der Waals surface area contributed by atoms with Crippen molar-refractivity contribution in [2.45, 2.75) is 79.9 Å². The van der Waals surface area contributed by atoms with Gasteiger partial charge in [-0.1, -0.05) is 48.4 Å². The van der Waals surface area contributed by atoms with E-state index < -0.39 is 34.2 Å². The molecule has 0 aromatic heterocycles. The molecule has 0 aromatic rings. The lowest BCUT2D eigenvalue weighted by Gasteiger charge is -2.44. The molecule has 2 bridgehead atoms. The summed E-state index contributed by atoms with van der Waals surface area (Å²) in [7, 11) is 1.73. The standard InChI is InChI=1S/C27H42BrN3O4S/c1-9-12-29(8)23(33)19-20-24(34)31(18(15-32)16(4)11-3)22(27(20)14-17(28)21(19)36-27)25(35)30(13-10-2)26(5,6)7/h9-10,16-22,32H,1-2,11-15H2,3-8H3/t16-,17?,18-,19-,20-,21-,22?,27?/m0/s1. The Kier molecular flexibility index (Phi) is 8.78. The zero-order valence-electron chi connectivity index (χ0n) is 22.4. The van der Waals surface area contributed by atoms with Gasteiger partial charge in [0.15, 0.2) is 0 Å². The Hall–Kier alpha value is -1.32. The van der Waals surface area contributed by atoms with Crippen LogP contribution >= 0.6 is 27.7 Å². The van der Waals surface area contributed by atoms with Gasteiger partial charge in [0.25, 0.3) is 0 Å². The highest BCUT2D eigenvalue weighted by atomic mass is 79.9. The van der Waals surface area contributed by atoms with Gasteiger partial charge in [0, 0.05) is 35.8 Å². The summed E-state index contributed by atoms with van der Waals surface area (Å²) in [5, 5.41) is 10.4. The SMILES string of the molecule is C=CCN(C)C(=O)[C@H]1[C@H]2C(=O)N([C@@H](CO)[C@@H](C)CC)C(C(=O)N(CC=C)C(C)(C)C)C23CC(Br)[C@@H]1S3. The van der Waals surface area contributed by atoms with Crippen molar-refractivity contribution in [1.82, 2.24) is 14.7 Å². The number of likely N-dealkylation sites (N-methyl/N-ethyl adjacent to an activating group) is 1. The molecule has 1 N–H and O–H groups in total. The molecule has 3 heterocycles. The van der Waals surface area contributed by atoms with Gasteiger partial charge in [0.05, 0.1) is 29.2 Å². The molecule has 3 unspecified atom stereocenters. The second kappa shape index (κ2) is 10.8. The fourth-order valence-corrected chi connectivity index (χ4v) is 9.90. The topological polar surface area (TPSA) is 81.2 Å². The Morgan fingerprint density at radius 3 is 2.39 bits per heavy atom. The van der Waals surface area contributed by atoms with Gasteiger partial charge in [-0.05, 0) is 33.1 Å². The number of carbonyl (C=O) groups is 3. The molecule has 9 heteroatoms. The maximum atomic E-state index is 14.5. The van der Waals surface area contributed by atoms with Crippen molar-refractivity contribution in [3.05, 3.63) is 25.3 Å². The smallest absolute Gasteiger partial charge is 0.247 e. The number of aliphatic hydroxyl groups excluding tert-OH is 1. The molecule has 1 spiro atoms. The lowest BCUT2D eigenvalue weighted by atomic mass is 9.70. The van der Waals surface area contributed by atoms with Crippen molar-refractivity contribution in [2.24, 2.45) is 17.8 Å². The first-order valence-corrected chi connectivity index (χ1v) is 14.6. The summed E-state index contributed by atoms with van der Waals surface area (Å²) in [6.07, 6.45) is 4.76. The van der Waals surface area contributed by atoms with Gasteiger partial charge in [0.1, 0.15) is 6.04 Å². The molecule has 0 radical (unpaired) electrons. The number of aliphatic hydroxyl groups is 1. The number of rotatable bonds is 10. The van der Waals surface area contributed by atoms with Crippen molar-refractivity contribution >= 4 is 45.4 Å². The largest absolute Gasteiger partial charge is 0.394 e. The lowest BCUT2D eigenvalue weighted by molar-refractivity contribution is -0.149. The average Bonchev–Trinajstić information content (AvgIpc) is 3.40. The van der Waals surface area contributed by atoms with Crippen molar-refractivity contribution < 1.29 is 19.5 Å². The summed E-state index contributed by atoms with van der Waals surface area (Å²) in [4.78, 5) is 47.6. The van der Waals surface area contributed by atoms with Crippen molar-refractivity contribution in [2.75, 3.05) is 26.7 Å². The lowest BCUT2D eigenvalue weighted by Crippen LogP contribution is -2.61. The van der Waals surface area contributed by atoms with Crippen LogP contribution < -0.4 is 0 Å². The maximum absolute atomic E-state index is 14.5. The fraction of sp³-hybridized carbons (Fsp3) is 0.741. The first kappa shape index (κ1) is 29.2. The van der Waals surface area contributed by atoms with Gasteiger partial charge >= 0.3 is 0 Å². The van der Waals surface area contributed by atoms with Crippen LogP contribution in [0, 0.1) is 17.8 Å². The second-order valence-corrected chi connectivity index (χ2v) is 14.2. The Morgan fingerprint density at radius 1 is 1.28 bits per heavy atom. The summed E-state index contributed by atoms with van der Waals surface area (Å²) < 4.78 is -0.742. The molecular formula is C27H42BrN3O4S. The van der Waals surface area contributed by atoms with Crippen molar-refractivity contribution in [3.8, 4) is 0 Å². The number of likely N-dealkylation sites (tertiary alicyclic amines) is 1. The van der Waals surface area contributed by atoms with Crippen molar-refractivity contribution in [1.29, 1.82) is 0 Å². The Bertz CT molecular complexity index is 908. The van der Waals surface area contributed by atoms with Gasteiger partial charge < -0.3 is 19.8 Å². The summed E-state index contributed by atoms with van der Waals surface area (Å²) >= 11 is 5.44. The molecule has 36 heavy (non-hydrogen) atoms. The van der Waals surface area contributed by atoms with Crippen LogP contribution in [0.1, 0.15) is 47.5 Å². The minimum atomic E-state index is -0.766. The zero-order valence-corrected chi connectivity index (χ0v) is 24.8. The summed E-state index contributed by atoms with van der Waals surface area (Å²) in [6.45, 7) is 18.1. The molecule has 3 aliphatic rings. The van der Waals surface area contributed by atoms with Crippen molar-refractivity contribution in [3.63, 3.8) is 0 Å². The molecular weight excluding hydrogens is 542 g/mol. The fourth-order valence-electron chi connectivity index (χ4n) is 6.31. The quantitative estimate of drug-likeness (QED) is 0.315. The first-order chi connectivity index (χ1) is 16.8. The van der Waals surface area contributed by atoms with Crippen LogP contribution in [-0.2, 0) is 14.4 Å². The Balaban J connectivity index is 2.19. The van der Waals surface area contributed by atoms with Crippen LogP contribution in [0.4, 0.5) is 0 Å². The number of fused-ring (bicyclic) bond motifs is 1. The van der Waals surface area contributed by atoms with Crippen LogP contribution in [0.2, 0.25) is 0 Å². The van der Waals surface area contributed by atoms with E-state index in [1.807, 2.05) is 34.6 Å². The molecule has 3 saturated heterocycles. The highest BCUT2D eigenvalue weighted by molar-refractivity contribution is 9.09. The van der Waals surface area contributed by atoms with Gasteiger partial charge in [0.2, 0.25) is 17.7 Å². The van der Waals surface area contributed by atoms with Crippen LogP contribution in [-0.4, -0.2) is 96.7 Å². The molecule has 202 valence electrons. The van der Waals surface area contributed by atoms with Gasteiger partial charge in [-0.15, -0.1) is 24.9 Å². The number of amides is 3. The van der Waals surface area contributed by atoms with Gasteiger partial charge in [-0.2, -0.15) is 0 Å². The highest BCUT2D eigenvalue weighted by Gasteiger charge is 2.76. The molecule has 3 rings (SSSR count). The number of halogens is 1. The number of thioether (sulfide) groups is 1. The van der Waals surface area contributed by atoms with E-state index in [1.54, 1.807) is 45.7 Å². The molecule has 3 amide bonds. The first-order valence-electron chi connectivity index (χ1n) is 12.8. The molecule has 7 nitrogen and oxygen atoms in total. The van der Waals surface area contributed by atoms with E-state index in [-0.39, 0.29) is 40.3 Å². The normalized spacial score (nSPS) is 32.7. The van der Waals surface area contributed by atoms with E-state index in [4.69, 9.17) is 0 Å². The predicted molar refractivity (Wildman–Crippen MR) is 149 cm³/mol. The number of hydrogen-bond donors (Lipinski definition) is 1. The predicted octanol–water partition coefficient (Wildman–Crippen LogP) is 3.32. The molecule has 0 aliphatic carbocycles. The molecule has 0 aromatic carbocycles. The molecule has 3 aliphatic heterocycles. The number of carbonyl (C=O) groups excluding carboxylic acids is 3. The second-order valence-electron chi connectivity index (χ2n) is 11.5. The Morgan fingerprint density at radius 2 is 1.89 bits per heavy atom. The van der Waals surface area contributed by atoms with Gasteiger partial charge in [-0.25, -0.2) is 0 Å². The zero-order chi connectivity index (χ0) is 27.2. The minimum absolute atomic E-state index is 0.00606. The van der Waals surface area contributed by atoms with Gasteiger partial charge in [-0.3, -0.25) is 14.4 Å². The van der Waals surface area contributed by atoms with Crippen LogP contribution in [0.3, 0.4) is 0 Å². The number of hydrogen-bond acceptors (Lipinski definition) is 5. The third-order valence-corrected chi connectivity index (χ3v) is 11.5. The minimum Gasteiger partial charge on any atom is -0.394 e. The summed E-state index contributed by atoms with van der Waals surface area (Å²) in [5.41, 5.74) is -0.492. The van der Waals surface area contributed by atoms with E-state index in [1.165, 1.54) is 0 Å². The third-order valence-electron chi connectivity index (χ3n) is 8.26. The van der Waals surface area contributed by atoms with E-state index in [2.05, 4.69) is 29.1 Å². The van der Waals surface area contributed by atoms with E-state index in [0.717, 1.165) is 6.42 Å². The summed E-state index contributed by atoms with van der Waals surface area (Å²) in [5.74, 6) is -1.57. The summed E-state index contributed by atoms with van der Waals surface area (Å²) in [6, 6.07) is -1.27. The van der Waals surface area contributed by atoms with Crippen LogP contribution in [0.25, 0.3) is 0 Å². The van der Waals surface area contributed by atoms with E-state index in [9.17, 15) is 19.5 Å². The van der Waals surface area contributed by atoms with E-state index in [0.29, 0.717) is 19.5 Å².